The topological polar surface area (TPSA) is 90.0 Å². The predicted octanol–water partition coefficient (Wildman–Crippen LogP) is 3.40. The highest BCUT2D eigenvalue weighted by Crippen LogP contribution is 2.32. The molecule has 0 radical (unpaired) electrons. The number of anilines is 3. The Morgan fingerprint density at radius 3 is 2.49 bits per heavy atom. The number of nitrogens with zero attached hydrogens (tertiary/aromatic N) is 3. The summed E-state index contributed by atoms with van der Waals surface area (Å²) in [6.45, 7) is 5.07. The van der Waals surface area contributed by atoms with Crippen LogP contribution in [-0.2, 0) is 26.0 Å². The van der Waals surface area contributed by atoms with Crippen molar-refractivity contribution < 1.29 is 18.0 Å². The number of hydrogen-bond acceptors (Lipinski definition) is 5. The van der Waals surface area contributed by atoms with E-state index in [1.807, 2.05) is 44.1 Å². The van der Waals surface area contributed by atoms with Gasteiger partial charge >= 0.3 is 0 Å². The number of nitrogens with one attached hydrogen (secondary N) is 1. The lowest BCUT2D eigenvalue weighted by Gasteiger charge is -2.31. The lowest BCUT2D eigenvalue weighted by Crippen LogP contribution is -2.41. The average molecular weight is 499 g/mol. The normalized spacial score (nSPS) is 17.3. The predicted molar refractivity (Wildman–Crippen MR) is 138 cm³/mol. The fraction of sp³-hybridized carbons (Fsp3) is 0.462. The number of rotatable bonds is 6. The second-order valence-corrected chi connectivity index (χ2v) is 11.7. The summed E-state index contributed by atoms with van der Waals surface area (Å²) in [6.07, 6.45) is 2.41. The number of amides is 2. The van der Waals surface area contributed by atoms with Crippen LogP contribution in [0.15, 0.2) is 41.3 Å². The molecule has 0 aromatic heterocycles. The molecule has 0 saturated carbocycles. The summed E-state index contributed by atoms with van der Waals surface area (Å²) < 4.78 is 27.9. The van der Waals surface area contributed by atoms with Gasteiger partial charge in [-0.2, -0.15) is 4.31 Å². The molecule has 9 heteroatoms. The van der Waals surface area contributed by atoms with Gasteiger partial charge in [-0.1, -0.05) is 13.0 Å². The molecule has 0 aliphatic carbocycles. The quantitative estimate of drug-likeness (QED) is 0.659. The van der Waals surface area contributed by atoms with E-state index in [4.69, 9.17) is 0 Å². The summed E-state index contributed by atoms with van der Waals surface area (Å²) in [5.41, 5.74) is 4.12. The van der Waals surface area contributed by atoms with Crippen LogP contribution in [-0.4, -0.2) is 58.3 Å². The molecule has 0 bridgehead atoms. The Hall–Kier alpha value is -2.91. The number of aryl methyl sites for hydroxylation is 2. The van der Waals surface area contributed by atoms with Crippen molar-refractivity contribution in [2.75, 3.05) is 48.8 Å². The van der Waals surface area contributed by atoms with Crippen LogP contribution in [0.25, 0.3) is 0 Å². The smallest absolute Gasteiger partial charge is 0.244 e. The van der Waals surface area contributed by atoms with Crippen molar-refractivity contribution in [2.24, 2.45) is 5.92 Å². The van der Waals surface area contributed by atoms with Gasteiger partial charge in [0.25, 0.3) is 0 Å². The van der Waals surface area contributed by atoms with Crippen molar-refractivity contribution in [3.63, 3.8) is 0 Å². The molecule has 2 aliphatic rings. The number of carbonyl (C=O) groups is 2. The fourth-order valence-electron chi connectivity index (χ4n) is 4.76. The Morgan fingerprint density at radius 1 is 1.09 bits per heavy atom. The minimum Gasteiger partial charge on any atom is -0.377 e. The van der Waals surface area contributed by atoms with Crippen molar-refractivity contribution in [3.05, 3.63) is 47.5 Å². The van der Waals surface area contributed by atoms with E-state index in [9.17, 15) is 18.0 Å². The summed E-state index contributed by atoms with van der Waals surface area (Å²) >= 11 is 0. The van der Waals surface area contributed by atoms with Gasteiger partial charge in [0, 0.05) is 50.7 Å². The molecule has 188 valence electrons. The number of sulfonamides is 1. The molecular weight excluding hydrogens is 464 g/mol. The molecule has 2 amide bonds. The van der Waals surface area contributed by atoms with Crippen molar-refractivity contribution >= 4 is 38.9 Å². The number of carbonyl (C=O) groups excluding carboxylic acids is 2. The molecule has 8 nitrogen and oxygen atoms in total. The van der Waals surface area contributed by atoms with E-state index in [2.05, 4.69) is 12.2 Å². The molecule has 0 atom stereocenters. The summed E-state index contributed by atoms with van der Waals surface area (Å²) in [5.74, 6) is 0.0788. The van der Waals surface area contributed by atoms with E-state index in [-0.39, 0.29) is 29.7 Å². The first kappa shape index (κ1) is 25.2. The van der Waals surface area contributed by atoms with Gasteiger partial charge in [0.15, 0.2) is 0 Å². The van der Waals surface area contributed by atoms with Gasteiger partial charge in [-0.05, 0) is 73.6 Å². The number of benzene rings is 2. The molecule has 2 aromatic rings. The van der Waals surface area contributed by atoms with Crippen molar-refractivity contribution in [2.45, 2.75) is 44.4 Å². The first-order chi connectivity index (χ1) is 16.6. The fourth-order valence-corrected chi connectivity index (χ4v) is 6.28. The van der Waals surface area contributed by atoms with Crippen LogP contribution in [0.3, 0.4) is 0 Å². The van der Waals surface area contributed by atoms with E-state index < -0.39 is 10.0 Å². The number of fused-ring (bicyclic) bond motifs is 1. The molecule has 1 fully saturated rings. The van der Waals surface area contributed by atoms with E-state index in [0.29, 0.717) is 36.8 Å². The molecular formula is C26H34N4O4S. The maximum Gasteiger partial charge on any atom is 0.244 e. The highest BCUT2D eigenvalue weighted by atomic mass is 32.2. The maximum atomic E-state index is 13.2. The van der Waals surface area contributed by atoms with Crippen molar-refractivity contribution in [1.29, 1.82) is 0 Å². The van der Waals surface area contributed by atoms with E-state index in [1.165, 1.54) is 4.90 Å². The first-order valence-corrected chi connectivity index (χ1v) is 13.5. The second-order valence-electron chi connectivity index (χ2n) is 9.80. The summed E-state index contributed by atoms with van der Waals surface area (Å²) in [7, 11) is 0.302. The third-order valence-corrected chi connectivity index (χ3v) is 8.80. The van der Waals surface area contributed by atoms with Gasteiger partial charge in [0.1, 0.15) is 6.54 Å². The van der Waals surface area contributed by atoms with Gasteiger partial charge in [-0.25, -0.2) is 8.42 Å². The van der Waals surface area contributed by atoms with Crippen LogP contribution in [0.1, 0.15) is 37.3 Å². The number of piperidine rings is 1. The molecule has 35 heavy (non-hydrogen) atoms. The molecule has 2 aliphatic heterocycles. The van der Waals surface area contributed by atoms with E-state index in [1.54, 1.807) is 22.5 Å². The first-order valence-electron chi connectivity index (χ1n) is 12.1. The van der Waals surface area contributed by atoms with Gasteiger partial charge in [-0.15, -0.1) is 0 Å². The zero-order valence-electron chi connectivity index (χ0n) is 20.9. The van der Waals surface area contributed by atoms with E-state index >= 15 is 0 Å². The van der Waals surface area contributed by atoms with Crippen LogP contribution in [0.5, 0.6) is 0 Å². The standard InChI is InChI=1S/C26H34N4O4S/c1-18-11-13-29(14-12-18)35(33,34)22-8-9-23-20(15-22)6-10-26(32)30(23)17-25(31)27-21-7-5-19(2)24(16-21)28(3)4/h5,7-9,15-16,18H,6,10-14,17H2,1-4H3,(H,27,31). The van der Waals surface area contributed by atoms with Gasteiger partial charge in [-0.3, -0.25) is 9.59 Å². The largest absolute Gasteiger partial charge is 0.377 e. The van der Waals surface area contributed by atoms with Gasteiger partial charge in [0.05, 0.1) is 4.90 Å². The Bertz CT molecular complexity index is 1230. The summed E-state index contributed by atoms with van der Waals surface area (Å²) in [6, 6.07) is 10.6. The molecule has 1 N–H and O–H groups in total. The summed E-state index contributed by atoms with van der Waals surface area (Å²) in [4.78, 5) is 29.2. The van der Waals surface area contributed by atoms with Crippen molar-refractivity contribution in [3.8, 4) is 0 Å². The Morgan fingerprint density at radius 2 is 1.80 bits per heavy atom. The van der Waals surface area contributed by atoms with Crippen LogP contribution in [0.2, 0.25) is 0 Å². The van der Waals surface area contributed by atoms with Crippen molar-refractivity contribution in [1.82, 2.24) is 4.31 Å². The average Bonchev–Trinajstić information content (AvgIpc) is 2.82. The monoisotopic (exact) mass is 498 g/mol. The SMILES string of the molecule is Cc1ccc(NC(=O)CN2C(=O)CCc3cc(S(=O)(=O)N4CCC(C)CC4)ccc32)cc1N(C)C. The maximum absolute atomic E-state index is 13.2. The zero-order chi connectivity index (χ0) is 25.3. The molecule has 0 spiro atoms. The molecule has 1 saturated heterocycles. The Kier molecular flexibility index (Phi) is 7.19. The summed E-state index contributed by atoms with van der Waals surface area (Å²) in [5, 5.41) is 2.88. The minimum absolute atomic E-state index is 0.132. The van der Waals surface area contributed by atoms with E-state index in [0.717, 1.165) is 29.7 Å². The number of hydrogen-bond donors (Lipinski definition) is 1. The lowest BCUT2D eigenvalue weighted by atomic mass is 10.0. The van der Waals surface area contributed by atoms with Gasteiger partial charge in [0.2, 0.25) is 21.8 Å². The molecule has 2 aromatic carbocycles. The zero-order valence-corrected chi connectivity index (χ0v) is 21.7. The molecule has 0 unspecified atom stereocenters. The molecule has 4 rings (SSSR count). The lowest BCUT2D eigenvalue weighted by molar-refractivity contribution is -0.121. The van der Waals surface area contributed by atoms with Crippen LogP contribution < -0.4 is 15.1 Å². The highest BCUT2D eigenvalue weighted by Gasteiger charge is 2.31. The highest BCUT2D eigenvalue weighted by molar-refractivity contribution is 7.89. The Labute approximate surface area is 207 Å². The Balaban J connectivity index is 1.52. The van der Waals surface area contributed by atoms with Crippen LogP contribution in [0.4, 0.5) is 17.1 Å². The third kappa shape index (κ3) is 5.36. The minimum atomic E-state index is -3.58. The second kappa shape index (κ2) is 9.99. The third-order valence-electron chi connectivity index (χ3n) is 6.91. The molecule has 2 heterocycles. The van der Waals surface area contributed by atoms with Crippen LogP contribution in [0, 0.1) is 12.8 Å². The van der Waals surface area contributed by atoms with Gasteiger partial charge < -0.3 is 15.1 Å². The van der Waals surface area contributed by atoms with Crippen LogP contribution >= 0.6 is 0 Å².